The van der Waals surface area contributed by atoms with Gasteiger partial charge in [0.2, 0.25) is 5.91 Å². The lowest BCUT2D eigenvalue weighted by molar-refractivity contribution is -0.115. The van der Waals surface area contributed by atoms with Crippen molar-refractivity contribution in [3.05, 3.63) is 47.2 Å². The second-order valence-corrected chi connectivity index (χ2v) is 4.07. The molecule has 7 nitrogen and oxygen atoms in total. The minimum atomic E-state index is -0.814. The van der Waals surface area contributed by atoms with Crippen LogP contribution in [0.25, 0.3) is 0 Å². The Balaban J connectivity index is 2.15. The molecule has 5 N–H and O–H groups in total. The molecule has 2 aromatic rings. The molecular formula is C12H11F2N5O2. The quantitative estimate of drug-likeness (QED) is 0.291. The van der Waals surface area contributed by atoms with Gasteiger partial charge in [-0.3, -0.25) is 9.89 Å². The minimum Gasteiger partial charge on any atom is -0.409 e. The van der Waals surface area contributed by atoms with Crippen molar-refractivity contribution < 1.29 is 18.8 Å². The molecule has 1 aromatic carbocycles. The molecule has 1 heterocycles. The van der Waals surface area contributed by atoms with Crippen molar-refractivity contribution >= 4 is 17.6 Å². The number of H-pyrrole nitrogens is 1. The molecule has 0 radical (unpaired) electrons. The molecule has 1 aromatic heterocycles. The van der Waals surface area contributed by atoms with Crippen LogP contribution in [-0.2, 0) is 11.2 Å². The van der Waals surface area contributed by atoms with Gasteiger partial charge in [-0.25, -0.2) is 8.78 Å². The van der Waals surface area contributed by atoms with Crippen molar-refractivity contribution in [2.45, 2.75) is 6.42 Å². The number of benzene rings is 1. The molecule has 1 amide bonds. The molecule has 21 heavy (non-hydrogen) atoms. The Morgan fingerprint density at radius 3 is 2.71 bits per heavy atom. The molecule has 0 aliphatic rings. The molecule has 0 bridgehead atoms. The second-order valence-electron chi connectivity index (χ2n) is 4.07. The number of hydrogen-bond acceptors (Lipinski definition) is 4. The Kier molecular flexibility index (Phi) is 4.12. The number of oxime groups is 1. The number of amidine groups is 1. The van der Waals surface area contributed by atoms with E-state index >= 15 is 0 Å². The highest BCUT2D eigenvalue weighted by atomic mass is 19.1. The zero-order valence-corrected chi connectivity index (χ0v) is 10.6. The highest BCUT2D eigenvalue weighted by Gasteiger charge is 2.16. The van der Waals surface area contributed by atoms with Gasteiger partial charge >= 0.3 is 0 Å². The largest absolute Gasteiger partial charge is 0.409 e. The van der Waals surface area contributed by atoms with Gasteiger partial charge in [-0.15, -0.1) is 0 Å². The Morgan fingerprint density at radius 2 is 2.10 bits per heavy atom. The van der Waals surface area contributed by atoms with Crippen molar-refractivity contribution in [2.24, 2.45) is 10.9 Å². The summed E-state index contributed by atoms with van der Waals surface area (Å²) in [5.74, 6) is -2.52. The van der Waals surface area contributed by atoms with E-state index in [1.54, 1.807) is 0 Å². The minimum absolute atomic E-state index is 0.0621. The van der Waals surface area contributed by atoms with E-state index in [-0.39, 0.29) is 22.8 Å². The van der Waals surface area contributed by atoms with Crippen LogP contribution in [-0.4, -0.2) is 27.1 Å². The molecule has 0 saturated carbocycles. The summed E-state index contributed by atoms with van der Waals surface area (Å²) in [5, 5.41) is 19.8. The zero-order valence-electron chi connectivity index (χ0n) is 10.6. The van der Waals surface area contributed by atoms with Gasteiger partial charge in [0.1, 0.15) is 17.5 Å². The summed E-state index contributed by atoms with van der Waals surface area (Å²) in [6.45, 7) is 0. The number of rotatable bonds is 4. The van der Waals surface area contributed by atoms with E-state index in [1.165, 1.54) is 12.3 Å². The summed E-state index contributed by atoms with van der Waals surface area (Å²) in [6.07, 6.45) is 0.724. The van der Waals surface area contributed by atoms with Crippen molar-refractivity contribution in [2.75, 3.05) is 5.32 Å². The summed E-state index contributed by atoms with van der Waals surface area (Å²) >= 11 is 0. The van der Waals surface area contributed by atoms with Crippen LogP contribution >= 0.6 is 0 Å². The monoisotopic (exact) mass is 295 g/mol. The Labute approximate surface area is 117 Å². The second kappa shape index (κ2) is 5.99. The number of nitrogens with two attached hydrogens (primary N) is 1. The Morgan fingerprint density at radius 1 is 1.43 bits per heavy atom. The van der Waals surface area contributed by atoms with Gasteiger partial charge in [0.05, 0.1) is 18.2 Å². The fourth-order valence-corrected chi connectivity index (χ4v) is 1.67. The third-order valence-corrected chi connectivity index (χ3v) is 2.69. The molecule has 0 atom stereocenters. The third-order valence-electron chi connectivity index (χ3n) is 2.69. The predicted octanol–water partition coefficient (Wildman–Crippen LogP) is 0.964. The Hall–Kier alpha value is -2.97. The number of aromatic nitrogens is 2. The lowest BCUT2D eigenvalue weighted by Gasteiger charge is -2.06. The number of carbonyl (C=O) groups excluding carboxylic acids is 1. The number of aromatic amines is 1. The van der Waals surface area contributed by atoms with Crippen LogP contribution in [0.5, 0.6) is 0 Å². The highest BCUT2D eigenvalue weighted by molar-refractivity contribution is 6.04. The van der Waals surface area contributed by atoms with E-state index in [4.69, 9.17) is 10.9 Å². The number of nitrogens with zero attached hydrogens (tertiary/aromatic N) is 2. The topological polar surface area (TPSA) is 116 Å². The first-order valence-electron chi connectivity index (χ1n) is 5.77. The number of anilines is 1. The van der Waals surface area contributed by atoms with Crippen molar-refractivity contribution in [3.63, 3.8) is 0 Å². The standard InChI is InChI=1S/C12H11F2N5O2/c13-8-2-1-3-9(14)6(8)4-10(20)17-12-7(5-16-18-12)11(15)19-21/h1-3,5,21H,4H2,(H2,15,19)(H2,16,17,18,20). The van der Waals surface area contributed by atoms with Gasteiger partial charge in [-0.2, -0.15) is 5.10 Å². The number of amides is 1. The number of nitrogens with one attached hydrogen (secondary N) is 2. The molecule has 0 unspecified atom stereocenters. The maximum absolute atomic E-state index is 13.4. The molecule has 9 heteroatoms. The van der Waals surface area contributed by atoms with Crippen LogP contribution in [0.1, 0.15) is 11.1 Å². The number of carbonyl (C=O) groups is 1. The van der Waals surface area contributed by atoms with Gasteiger partial charge in [-0.05, 0) is 12.1 Å². The van der Waals surface area contributed by atoms with Gasteiger partial charge in [0.25, 0.3) is 0 Å². The van der Waals surface area contributed by atoms with Crippen LogP contribution in [0, 0.1) is 11.6 Å². The summed E-state index contributed by atoms with van der Waals surface area (Å²) in [4.78, 5) is 11.8. The molecule has 0 aliphatic heterocycles. The van der Waals surface area contributed by atoms with Crippen molar-refractivity contribution in [1.29, 1.82) is 0 Å². The third kappa shape index (κ3) is 3.14. The van der Waals surface area contributed by atoms with E-state index in [0.29, 0.717) is 0 Å². The molecule has 2 rings (SSSR count). The lowest BCUT2D eigenvalue weighted by atomic mass is 10.1. The zero-order chi connectivity index (χ0) is 15.4. The fraction of sp³-hybridized carbons (Fsp3) is 0.0833. The first-order valence-corrected chi connectivity index (χ1v) is 5.77. The van der Waals surface area contributed by atoms with Gasteiger partial charge < -0.3 is 16.3 Å². The first-order chi connectivity index (χ1) is 10.0. The van der Waals surface area contributed by atoms with E-state index in [2.05, 4.69) is 20.7 Å². The summed E-state index contributed by atoms with van der Waals surface area (Å²) in [5.41, 5.74) is 5.19. The van der Waals surface area contributed by atoms with Crippen molar-refractivity contribution in [3.8, 4) is 0 Å². The molecule has 0 aliphatic carbocycles. The maximum atomic E-state index is 13.4. The number of hydrogen-bond donors (Lipinski definition) is 4. The average Bonchev–Trinajstić information content (AvgIpc) is 2.90. The van der Waals surface area contributed by atoms with Crippen molar-refractivity contribution in [1.82, 2.24) is 10.2 Å². The van der Waals surface area contributed by atoms with Crippen LogP contribution < -0.4 is 11.1 Å². The molecule has 0 fully saturated rings. The van der Waals surface area contributed by atoms with E-state index in [1.807, 2.05) is 0 Å². The summed E-state index contributed by atoms with van der Waals surface area (Å²) in [6, 6.07) is 3.32. The van der Waals surface area contributed by atoms with E-state index in [9.17, 15) is 13.6 Å². The highest BCUT2D eigenvalue weighted by Crippen LogP contribution is 2.15. The molecule has 0 saturated heterocycles. The smallest absolute Gasteiger partial charge is 0.230 e. The first kappa shape index (κ1) is 14.4. The van der Waals surface area contributed by atoms with Gasteiger partial charge in [-0.1, -0.05) is 11.2 Å². The lowest BCUT2D eigenvalue weighted by Crippen LogP contribution is -2.20. The SMILES string of the molecule is N/C(=N/O)c1cn[nH]c1NC(=O)Cc1c(F)cccc1F. The van der Waals surface area contributed by atoms with E-state index in [0.717, 1.165) is 12.1 Å². The van der Waals surface area contributed by atoms with Crippen LogP contribution in [0.4, 0.5) is 14.6 Å². The number of halogens is 2. The fourth-order valence-electron chi connectivity index (χ4n) is 1.67. The maximum Gasteiger partial charge on any atom is 0.230 e. The normalized spacial score (nSPS) is 11.4. The van der Waals surface area contributed by atoms with E-state index < -0.39 is 24.0 Å². The van der Waals surface area contributed by atoms with Gasteiger partial charge in [0.15, 0.2) is 5.84 Å². The summed E-state index contributed by atoms with van der Waals surface area (Å²) < 4.78 is 26.9. The molecular weight excluding hydrogens is 284 g/mol. The Bertz CT molecular complexity index is 678. The average molecular weight is 295 g/mol. The summed E-state index contributed by atoms with van der Waals surface area (Å²) in [7, 11) is 0. The van der Waals surface area contributed by atoms with Gasteiger partial charge in [0, 0.05) is 5.56 Å². The van der Waals surface area contributed by atoms with Crippen LogP contribution in [0.3, 0.4) is 0 Å². The van der Waals surface area contributed by atoms with Crippen LogP contribution in [0.2, 0.25) is 0 Å². The predicted molar refractivity (Wildman–Crippen MR) is 69.8 cm³/mol. The molecule has 0 spiro atoms. The molecule has 110 valence electrons. The van der Waals surface area contributed by atoms with Crippen LogP contribution in [0.15, 0.2) is 29.6 Å².